The second kappa shape index (κ2) is 15.2. The van der Waals surface area contributed by atoms with Crippen LogP contribution in [-0.2, 0) is 31.0 Å². The van der Waals surface area contributed by atoms with Gasteiger partial charge in [0.25, 0.3) is 0 Å². The first-order valence-corrected chi connectivity index (χ1v) is 16.9. The normalized spacial score (nSPS) is 18.1. The second-order valence-electron chi connectivity index (χ2n) is 14.0. The number of amides is 3. The fourth-order valence-corrected chi connectivity index (χ4v) is 6.96. The molecule has 1 saturated heterocycles. The van der Waals surface area contributed by atoms with Crippen LogP contribution in [0.2, 0.25) is 0 Å². The Balaban J connectivity index is 1.40. The molecule has 5 rings (SSSR count). The Morgan fingerprint density at radius 2 is 1.50 bits per heavy atom. The number of nitrogens with zero attached hydrogens (tertiary/aromatic N) is 2. The largest absolute Gasteiger partial charge is 0.457 e. The summed E-state index contributed by atoms with van der Waals surface area (Å²) in [4.78, 5) is 44.6. The molecule has 9 nitrogen and oxygen atoms in total. The smallest absolute Gasteiger partial charge is 0.410 e. The number of ether oxygens (including phenoxy) is 3. The zero-order valence-electron chi connectivity index (χ0n) is 28.9. The highest BCUT2D eigenvalue weighted by Crippen LogP contribution is 2.50. The Morgan fingerprint density at radius 1 is 0.896 bits per heavy atom. The standard InChI is InChI=1S/C39H49N3O6/c1-38(2,3)48-37(45)42-25-29(23-30(26-42)36(44)41(4)24-28-15-7-6-8-16-28)35(43)40-27-39(21-13-14-22-46-5)31-17-9-11-19-33(31)47-34-20-12-10-18-32(34)39/h6-12,15-20,29-30H,13-14,21-27H2,1-5H3,(H,40,43)/t29-,30+/m0/s1. The summed E-state index contributed by atoms with van der Waals surface area (Å²) in [7, 11) is 3.47. The number of likely N-dealkylation sites (tertiary alicyclic amines) is 1. The number of fused-ring (bicyclic) bond motifs is 2. The molecule has 3 aromatic carbocycles. The summed E-state index contributed by atoms with van der Waals surface area (Å²) in [5, 5.41) is 3.29. The van der Waals surface area contributed by atoms with Gasteiger partial charge in [0.2, 0.25) is 11.8 Å². The van der Waals surface area contributed by atoms with E-state index in [1.807, 2.05) is 87.5 Å². The summed E-state index contributed by atoms with van der Waals surface area (Å²) in [5.41, 5.74) is 1.80. The zero-order valence-corrected chi connectivity index (χ0v) is 28.9. The average Bonchev–Trinajstić information content (AvgIpc) is 3.08. The van der Waals surface area contributed by atoms with Crippen LogP contribution in [-0.4, -0.2) is 73.7 Å². The number of piperidine rings is 1. The molecule has 2 aliphatic rings. The van der Waals surface area contributed by atoms with Gasteiger partial charge in [-0.05, 0) is 64.2 Å². The number of hydrogen-bond donors (Lipinski definition) is 1. The lowest BCUT2D eigenvalue weighted by Gasteiger charge is -2.42. The number of methoxy groups -OCH3 is 1. The molecule has 0 aromatic heterocycles. The van der Waals surface area contributed by atoms with Crippen molar-refractivity contribution in [2.24, 2.45) is 11.8 Å². The van der Waals surface area contributed by atoms with E-state index in [4.69, 9.17) is 14.2 Å². The van der Waals surface area contributed by atoms with E-state index in [0.29, 0.717) is 26.1 Å². The number of carbonyl (C=O) groups excluding carboxylic acids is 3. The highest BCUT2D eigenvalue weighted by Gasteiger charge is 2.44. The number of carbonyl (C=O) groups is 3. The van der Waals surface area contributed by atoms with Gasteiger partial charge >= 0.3 is 6.09 Å². The van der Waals surface area contributed by atoms with E-state index in [2.05, 4.69) is 17.4 Å². The molecular weight excluding hydrogens is 606 g/mol. The first-order valence-electron chi connectivity index (χ1n) is 16.9. The van der Waals surface area contributed by atoms with E-state index in [0.717, 1.165) is 47.5 Å². The lowest BCUT2D eigenvalue weighted by molar-refractivity contribution is -0.138. The third-order valence-electron chi connectivity index (χ3n) is 9.25. The summed E-state index contributed by atoms with van der Waals surface area (Å²) in [6.45, 7) is 7.22. The molecule has 2 aliphatic heterocycles. The van der Waals surface area contributed by atoms with Crippen LogP contribution in [0.5, 0.6) is 11.5 Å². The summed E-state index contributed by atoms with van der Waals surface area (Å²) < 4.78 is 17.4. The van der Waals surface area contributed by atoms with Crippen LogP contribution in [0.1, 0.15) is 63.1 Å². The molecule has 0 saturated carbocycles. The molecule has 0 bridgehead atoms. The van der Waals surface area contributed by atoms with Crippen molar-refractivity contribution < 1.29 is 28.6 Å². The Hall–Kier alpha value is -4.37. The summed E-state index contributed by atoms with van der Waals surface area (Å²) in [6.07, 6.45) is 2.34. The molecule has 9 heteroatoms. The van der Waals surface area contributed by atoms with Crippen molar-refractivity contribution in [2.45, 2.75) is 64.0 Å². The van der Waals surface area contributed by atoms with E-state index < -0.39 is 28.9 Å². The number of para-hydroxylation sites is 2. The van der Waals surface area contributed by atoms with E-state index in [-0.39, 0.29) is 24.9 Å². The van der Waals surface area contributed by atoms with Crippen LogP contribution in [0, 0.1) is 11.8 Å². The molecule has 256 valence electrons. The Labute approximate surface area is 284 Å². The first kappa shape index (κ1) is 35.0. The third-order valence-corrected chi connectivity index (χ3v) is 9.25. The Bertz CT molecular complexity index is 1520. The molecule has 0 aliphatic carbocycles. The molecule has 48 heavy (non-hydrogen) atoms. The van der Waals surface area contributed by atoms with E-state index >= 15 is 0 Å². The molecule has 0 radical (unpaired) electrons. The van der Waals surface area contributed by atoms with E-state index in [9.17, 15) is 14.4 Å². The Kier molecular flexibility index (Phi) is 11.1. The molecule has 2 heterocycles. The van der Waals surface area contributed by atoms with Crippen molar-refractivity contribution in [3.63, 3.8) is 0 Å². The van der Waals surface area contributed by atoms with Gasteiger partial charge in [-0.3, -0.25) is 9.59 Å². The lowest BCUT2D eigenvalue weighted by Crippen LogP contribution is -2.54. The number of nitrogens with one attached hydrogen (secondary N) is 1. The minimum atomic E-state index is -0.713. The predicted molar refractivity (Wildman–Crippen MR) is 185 cm³/mol. The molecule has 3 aromatic rings. The minimum absolute atomic E-state index is 0.105. The van der Waals surface area contributed by atoms with E-state index in [1.54, 1.807) is 19.1 Å². The predicted octanol–water partition coefficient (Wildman–Crippen LogP) is 6.54. The van der Waals surface area contributed by atoms with Gasteiger partial charge in [0.05, 0.1) is 11.8 Å². The molecule has 1 fully saturated rings. The van der Waals surface area contributed by atoms with Crippen LogP contribution >= 0.6 is 0 Å². The fourth-order valence-electron chi connectivity index (χ4n) is 6.96. The highest BCUT2D eigenvalue weighted by molar-refractivity contribution is 5.84. The quantitative estimate of drug-likeness (QED) is 0.236. The van der Waals surface area contributed by atoms with Crippen molar-refractivity contribution in [1.29, 1.82) is 0 Å². The van der Waals surface area contributed by atoms with Crippen LogP contribution in [0.3, 0.4) is 0 Å². The lowest BCUT2D eigenvalue weighted by atomic mass is 9.69. The summed E-state index contributed by atoms with van der Waals surface area (Å²) in [6, 6.07) is 25.8. The number of hydrogen-bond acceptors (Lipinski definition) is 6. The van der Waals surface area contributed by atoms with Crippen molar-refractivity contribution in [3.8, 4) is 11.5 Å². The number of benzene rings is 3. The van der Waals surface area contributed by atoms with Gasteiger partial charge in [-0.1, -0.05) is 66.7 Å². The van der Waals surface area contributed by atoms with Crippen LogP contribution in [0.15, 0.2) is 78.9 Å². The maximum Gasteiger partial charge on any atom is 0.410 e. The van der Waals surface area contributed by atoms with Crippen molar-refractivity contribution in [1.82, 2.24) is 15.1 Å². The van der Waals surface area contributed by atoms with Crippen LogP contribution < -0.4 is 10.1 Å². The first-order chi connectivity index (χ1) is 23.0. The molecular formula is C39H49N3O6. The maximum atomic E-state index is 14.2. The van der Waals surface area contributed by atoms with Crippen molar-refractivity contribution in [3.05, 3.63) is 95.6 Å². The number of rotatable bonds is 11. The fraction of sp³-hybridized carbons (Fsp3) is 0.462. The molecule has 0 spiro atoms. The molecule has 2 atom stereocenters. The number of unbranched alkanes of at least 4 members (excludes halogenated alkanes) is 1. The monoisotopic (exact) mass is 655 g/mol. The molecule has 0 unspecified atom stereocenters. The van der Waals surface area contributed by atoms with Crippen LogP contribution in [0.25, 0.3) is 0 Å². The van der Waals surface area contributed by atoms with Gasteiger partial charge < -0.3 is 29.3 Å². The van der Waals surface area contributed by atoms with Crippen LogP contribution in [0.4, 0.5) is 4.79 Å². The van der Waals surface area contributed by atoms with E-state index in [1.165, 1.54) is 4.90 Å². The van der Waals surface area contributed by atoms with Crippen molar-refractivity contribution in [2.75, 3.05) is 40.4 Å². The van der Waals surface area contributed by atoms with Gasteiger partial charge in [-0.2, -0.15) is 0 Å². The zero-order chi connectivity index (χ0) is 34.3. The summed E-state index contributed by atoms with van der Waals surface area (Å²) in [5.74, 6) is 0.108. The third kappa shape index (κ3) is 8.19. The highest BCUT2D eigenvalue weighted by atomic mass is 16.6. The SMILES string of the molecule is COCCCCC1(CNC(=O)[C@H]2C[C@@H](C(=O)N(C)Cc3ccccc3)CN(C(=O)OC(C)(C)C)C2)c2ccccc2Oc2ccccc21. The summed E-state index contributed by atoms with van der Waals surface area (Å²) >= 11 is 0. The minimum Gasteiger partial charge on any atom is -0.457 e. The van der Waals surface area contributed by atoms with Gasteiger partial charge in [-0.15, -0.1) is 0 Å². The average molecular weight is 656 g/mol. The van der Waals surface area contributed by atoms with Gasteiger partial charge in [-0.25, -0.2) is 4.79 Å². The van der Waals surface area contributed by atoms with Crippen molar-refractivity contribution >= 4 is 17.9 Å². The molecule has 1 N–H and O–H groups in total. The topological polar surface area (TPSA) is 97.4 Å². The maximum absolute atomic E-state index is 14.2. The van der Waals surface area contributed by atoms with Gasteiger partial charge in [0.1, 0.15) is 17.1 Å². The molecule has 3 amide bonds. The van der Waals surface area contributed by atoms with Gasteiger partial charge in [0.15, 0.2) is 0 Å². The van der Waals surface area contributed by atoms with Gasteiger partial charge in [0, 0.05) is 63.5 Å². The second-order valence-corrected chi connectivity index (χ2v) is 14.0. The Morgan fingerprint density at radius 3 is 2.12 bits per heavy atom.